The van der Waals surface area contributed by atoms with Crippen molar-refractivity contribution in [3.63, 3.8) is 0 Å². The van der Waals surface area contributed by atoms with Gasteiger partial charge in [0.2, 0.25) is 0 Å². The van der Waals surface area contributed by atoms with E-state index in [0.717, 1.165) is 79.4 Å². The van der Waals surface area contributed by atoms with E-state index in [4.69, 9.17) is 0 Å². The van der Waals surface area contributed by atoms with E-state index >= 15 is 0 Å². The van der Waals surface area contributed by atoms with Gasteiger partial charge in [-0.05, 0) is 323 Å². The van der Waals surface area contributed by atoms with Crippen molar-refractivity contribution >= 4 is 207 Å². The topological polar surface area (TPSA) is 13.0 Å². The molecular formula is C142H98N4S2. The summed E-state index contributed by atoms with van der Waals surface area (Å²) in [7, 11) is 0. The Labute approximate surface area is 868 Å². The molecule has 2 aliphatic carbocycles. The van der Waals surface area contributed by atoms with Crippen molar-refractivity contribution < 1.29 is 0 Å². The number of rotatable bonds is 16. The second kappa shape index (κ2) is 35.5. The average Bonchev–Trinajstić information content (AvgIpc) is 1.57. The van der Waals surface area contributed by atoms with E-state index in [2.05, 4.69) is 569 Å². The number of benzene rings is 25. The maximum Gasteiger partial charge on any atom is 0.0540 e. The first-order chi connectivity index (χ1) is 72.9. The van der Waals surface area contributed by atoms with Gasteiger partial charge in [0.1, 0.15) is 0 Å². The highest BCUT2D eigenvalue weighted by molar-refractivity contribution is 7.26. The molecule has 0 radical (unpaired) electrons. The standard InChI is InChI=1S/C73H50N2S.C69H48N2S/c1-73(2)68-44-50(57-26-15-27-66-65-25-12-13-29-71(65)76-72(57)66)34-41-63(68)64-43-40-55(46-69(64)73)74(54-39-42-62-60-23-9-8-21-58(60)59-22-10-11-24-61(59)67(62)45-54)52-35-30-47(31-36-52)48-32-37-53(38-33-48)75(51-18-4-3-5-19-51)70-28-14-17-49-16-6-7-20-56(49)70;1-69(2)65-42-47(54-25-15-26-63-62-24-13-14-27-67(62)72-68(54)63)32-39-60(65)61-41-38-53(44-66(61)69)71(52-37-40-59-57-22-10-9-20-55(57)56-21-11-12-23-58(56)64(59)43-52)51-35-30-46(31-36-51)45-28-33-50(34-29-45)70(48-16-5-3-6-17-48)49-18-7-4-8-19-49/h3-46H,1-2H3;3-44H,1-2H3. The Balaban J connectivity index is 0.000000143. The van der Waals surface area contributed by atoms with Crippen molar-refractivity contribution in [2.24, 2.45) is 0 Å². The fourth-order valence-corrected chi connectivity index (χ4v) is 26.7. The largest absolute Gasteiger partial charge is 0.311 e. The highest BCUT2D eigenvalue weighted by Gasteiger charge is 2.39. The number of hydrogen-bond donors (Lipinski definition) is 0. The highest BCUT2D eigenvalue weighted by atomic mass is 32.1. The summed E-state index contributed by atoms with van der Waals surface area (Å²) in [4.78, 5) is 9.60. The van der Waals surface area contributed by atoms with Gasteiger partial charge in [0.15, 0.2) is 0 Å². The monoisotopic (exact) mass is 1920 g/mol. The van der Waals surface area contributed by atoms with Crippen LogP contribution in [0.2, 0.25) is 0 Å². The van der Waals surface area contributed by atoms with Crippen molar-refractivity contribution in [1.29, 1.82) is 0 Å². The van der Waals surface area contributed by atoms with Gasteiger partial charge in [-0.25, -0.2) is 0 Å². The van der Waals surface area contributed by atoms with Crippen LogP contribution in [0.3, 0.4) is 0 Å². The van der Waals surface area contributed by atoms with Gasteiger partial charge in [-0.2, -0.15) is 0 Å². The van der Waals surface area contributed by atoms with Crippen molar-refractivity contribution in [3.8, 4) is 66.8 Å². The van der Waals surface area contributed by atoms with Gasteiger partial charge < -0.3 is 19.6 Å². The predicted octanol–water partition coefficient (Wildman–Crippen LogP) is 41.3. The molecule has 0 bridgehead atoms. The quantitative estimate of drug-likeness (QED) is 0.0894. The van der Waals surface area contributed by atoms with Crippen LogP contribution in [-0.4, -0.2) is 0 Å². The zero-order valence-corrected chi connectivity index (χ0v) is 83.9. The van der Waals surface area contributed by atoms with E-state index in [1.807, 2.05) is 22.7 Å². The van der Waals surface area contributed by atoms with E-state index in [0.29, 0.717) is 0 Å². The molecule has 0 atom stereocenters. The lowest BCUT2D eigenvalue weighted by Gasteiger charge is -2.29. The molecular weight excluding hydrogens is 1830 g/mol. The minimum absolute atomic E-state index is 0.235. The molecule has 29 rings (SSSR count). The maximum absolute atomic E-state index is 2.47. The van der Waals surface area contributed by atoms with E-state index in [-0.39, 0.29) is 10.8 Å². The molecule has 0 saturated carbocycles. The molecule has 148 heavy (non-hydrogen) atoms. The van der Waals surface area contributed by atoms with Gasteiger partial charge in [0.05, 0.1) is 5.69 Å². The van der Waals surface area contributed by atoms with E-state index in [1.54, 1.807) is 0 Å². The molecule has 0 N–H and O–H groups in total. The van der Waals surface area contributed by atoms with Crippen molar-refractivity contribution in [2.75, 3.05) is 19.6 Å². The Morgan fingerprint density at radius 2 is 0.392 bits per heavy atom. The number of anilines is 12. The molecule has 0 unspecified atom stereocenters. The molecule has 4 nitrogen and oxygen atoms in total. The number of fused-ring (bicyclic) bond motifs is 25. The Morgan fingerprint density at radius 1 is 0.149 bits per heavy atom. The lowest BCUT2D eigenvalue weighted by Crippen LogP contribution is -2.16. The van der Waals surface area contributed by atoms with Crippen LogP contribution in [0.5, 0.6) is 0 Å². The van der Waals surface area contributed by atoms with Crippen LogP contribution in [0.4, 0.5) is 68.2 Å². The Hall–Kier alpha value is -18.0. The molecule has 2 aromatic heterocycles. The van der Waals surface area contributed by atoms with E-state index in [1.165, 1.54) is 194 Å². The van der Waals surface area contributed by atoms with Gasteiger partial charge in [-0.3, -0.25) is 0 Å². The van der Waals surface area contributed by atoms with Gasteiger partial charge >= 0.3 is 0 Å². The van der Waals surface area contributed by atoms with Gasteiger partial charge in [-0.1, -0.05) is 386 Å². The second-order valence-corrected chi connectivity index (χ2v) is 42.6. The minimum Gasteiger partial charge on any atom is -0.311 e. The molecule has 0 spiro atoms. The molecule has 0 fully saturated rings. The first-order valence-corrected chi connectivity index (χ1v) is 52.9. The summed E-state index contributed by atoms with van der Waals surface area (Å²) in [5, 5.41) is 22.9. The van der Waals surface area contributed by atoms with Crippen LogP contribution in [0.25, 0.3) is 183 Å². The highest BCUT2D eigenvalue weighted by Crippen LogP contribution is 2.57. The fraction of sp³-hybridized carbons (Fsp3) is 0.0423. The lowest BCUT2D eigenvalue weighted by atomic mass is 9.81. The van der Waals surface area contributed by atoms with Crippen LogP contribution in [0.1, 0.15) is 49.9 Å². The Morgan fingerprint density at radius 3 is 0.770 bits per heavy atom. The summed E-state index contributed by atoms with van der Waals surface area (Å²) in [5.41, 5.74) is 33.4. The number of nitrogens with zero attached hydrogens (tertiary/aromatic N) is 4. The number of hydrogen-bond acceptors (Lipinski definition) is 6. The van der Waals surface area contributed by atoms with Gasteiger partial charge in [0.25, 0.3) is 0 Å². The Kier molecular flexibility index (Phi) is 21.0. The average molecular weight is 1920 g/mol. The van der Waals surface area contributed by atoms with Crippen LogP contribution < -0.4 is 19.6 Å². The van der Waals surface area contributed by atoms with E-state index < -0.39 is 0 Å². The summed E-state index contributed by atoms with van der Waals surface area (Å²) in [6.45, 7) is 9.62. The molecule has 0 amide bonds. The summed E-state index contributed by atoms with van der Waals surface area (Å²) < 4.78 is 5.36. The van der Waals surface area contributed by atoms with Crippen LogP contribution >= 0.6 is 22.7 Å². The molecule has 0 saturated heterocycles. The normalized spacial score (nSPS) is 12.7. The van der Waals surface area contributed by atoms with Crippen molar-refractivity contribution in [1.82, 2.24) is 0 Å². The molecule has 6 heteroatoms. The van der Waals surface area contributed by atoms with Crippen LogP contribution in [-0.2, 0) is 10.8 Å². The van der Waals surface area contributed by atoms with Crippen LogP contribution in [0, 0.1) is 0 Å². The van der Waals surface area contributed by atoms with Crippen molar-refractivity contribution in [3.05, 3.63) is 544 Å². The first-order valence-electron chi connectivity index (χ1n) is 51.2. The summed E-state index contributed by atoms with van der Waals surface area (Å²) in [5.74, 6) is 0. The number of para-hydroxylation sites is 3. The molecule has 25 aromatic carbocycles. The van der Waals surface area contributed by atoms with E-state index in [9.17, 15) is 0 Å². The summed E-state index contributed by atoms with van der Waals surface area (Å²) in [6.07, 6.45) is 0. The number of thiophene rings is 2. The molecule has 2 aliphatic rings. The zero-order valence-electron chi connectivity index (χ0n) is 82.3. The van der Waals surface area contributed by atoms with Crippen LogP contribution in [0.15, 0.2) is 522 Å². The molecule has 27 aromatic rings. The zero-order chi connectivity index (χ0) is 98.4. The van der Waals surface area contributed by atoms with Gasteiger partial charge in [0, 0.05) is 119 Å². The predicted molar refractivity (Wildman–Crippen MR) is 637 cm³/mol. The summed E-state index contributed by atoms with van der Waals surface area (Å²) in [6, 6.07) is 193. The lowest BCUT2D eigenvalue weighted by molar-refractivity contribution is 0.660. The summed E-state index contributed by atoms with van der Waals surface area (Å²) >= 11 is 3.80. The second-order valence-electron chi connectivity index (χ2n) is 40.5. The smallest absolute Gasteiger partial charge is 0.0540 e. The fourth-order valence-electron chi connectivity index (χ4n) is 24.2. The first kappa shape index (κ1) is 87.7. The van der Waals surface area contributed by atoms with Crippen molar-refractivity contribution in [2.45, 2.75) is 38.5 Å². The molecule has 2 heterocycles. The SMILES string of the molecule is CC1(C)c2cc(-c3cccc4c3sc3ccccc34)ccc2-c2ccc(N(c3ccc(-c4ccc(N(c5ccccc5)c5cccc6ccccc56)cc4)cc3)c3ccc4c5ccccc5c5ccccc5c4c3)cc21.CC1(C)c2cc(-c3cccc4c3sc3ccccc34)ccc2-c2ccc(N(c3ccc(-c4ccc(N(c5ccccc5)c5ccccc5)cc4)cc3)c3ccc4c5ccccc5c5ccccc5c4c3)cc21. The third-order valence-corrected chi connectivity index (χ3v) is 33.9. The molecule has 0 aliphatic heterocycles. The van der Waals surface area contributed by atoms with Gasteiger partial charge in [-0.15, -0.1) is 22.7 Å². The minimum atomic E-state index is -0.241. The third-order valence-electron chi connectivity index (χ3n) is 31.5. The third kappa shape index (κ3) is 14.7. The maximum atomic E-state index is 2.47. The Bertz CT molecular complexity index is 9870. The molecule has 698 valence electrons.